The first-order valence-electron chi connectivity index (χ1n) is 3.58. The van der Waals surface area contributed by atoms with E-state index in [-0.39, 0.29) is 0 Å². The first-order chi connectivity index (χ1) is 4.83. The molecule has 0 atom stereocenters. The van der Waals surface area contributed by atoms with Gasteiger partial charge in [0.25, 0.3) is 0 Å². The van der Waals surface area contributed by atoms with Gasteiger partial charge in [0.05, 0.1) is 0 Å². The summed E-state index contributed by atoms with van der Waals surface area (Å²) >= 11 is 0. The zero-order valence-corrected chi connectivity index (χ0v) is 6.17. The van der Waals surface area contributed by atoms with Crippen molar-refractivity contribution in [2.24, 2.45) is 0 Å². The molecule has 0 bridgehead atoms. The van der Waals surface area contributed by atoms with Gasteiger partial charge in [0.15, 0.2) is 0 Å². The van der Waals surface area contributed by atoms with E-state index in [1.54, 1.807) is 6.08 Å². The first kappa shape index (κ1) is 7.13. The van der Waals surface area contributed by atoms with Crippen LogP contribution in [0.15, 0.2) is 35.6 Å². The number of hydrogen-bond donors (Lipinski definition) is 1. The average Bonchev–Trinajstić information content (AvgIpc) is 2.14. The van der Waals surface area contributed by atoms with Gasteiger partial charge < -0.3 is 5.11 Å². The summed E-state index contributed by atoms with van der Waals surface area (Å²) in [5, 5.41) is 9.04. The molecule has 1 heteroatoms. The highest BCUT2D eigenvalue weighted by Crippen LogP contribution is 2.12. The number of aliphatic hydroxyl groups is 1. The van der Waals surface area contributed by atoms with Gasteiger partial charge in [-0.2, -0.15) is 0 Å². The zero-order valence-electron chi connectivity index (χ0n) is 6.17. The van der Waals surface area contributed by atoms with Crippen molar-refractivity contribution >= 4 is 0 Å². The van der Waals surface area contributed by atoms with E-state index in [1.165, 1.54) is 5.57 Å². The fourth-order valence-corrected chi connectivity index (χ4v) is 0.917. The normalized spacial score (nSPS) is 17.7. The molecule has 1 aliphatic carbocycles. The van der Waals surface area contributed by atoms with E-state index in [4.69, 9.17) is 5.11 Å². The lowest BCUT2D eigenvalue weighted by Crippen LogP contribution is -1.76. The summed E-state index contributed by atoms with van der Waals surface area (Å²) in [6.07, 6.45) is 9.43. The van der Waals surface area contributed by atoms with Crippen LogP contribution in [0.2, 0.25) is 0 Å². The molecule has 1 nitrogen and oxygen atoms in total. The minimum Gasteiger partial charge on any atom is -0.508 e. The molecule has 0 aromatic heterocycles. The van der Waals surface area contributed by atoms with Crippen molar-refractivity contribution in [2.75, 3.05) is 0 Å². The van der Waals surface area contributed by atoms with Crippen LogP contribution < -0.4 is 0 Å². The molecule has 0 unspecified atom stereocenters. The molecule has 1 N–H and O–H groups in total. The Kier molecular flexibility index (Phi) is 2.32. The van der Waals surface area contributed by atoms with Gasteiger partial charge in [-0.1, -0.05) is 24.6 Å². The van der Waals surface area contributed by atoms with Crippen LogP contribution in [-0.2, 0) is 0 Å². The Morgan fingerprint density at radius 2 is 2.40 bits per heavy atom. The van der Waals surface area contributed by atoms with Crippen molar-refractivity contribution < 1.29 is 5.11 Å². The molecule has 0 radical (unpaired) electrons. The fourth-order valence-electron chi connectivity index (χ4n) is 0.917. The van der Waals surface area contributed by atoms with Crippen molar-refractivity contribution in [1.82, 2.24) is 0 Å². The highest BCUT2D eigenvalue weighted by molar-refractivity contribution is 5.25. The topological polar surface area (TPSA) is 20.2 Å². The Bertz CT molecular complexity index is 194. The van der Waals surface area contributed by atoms with E-state index in [0.29, 0.717) is 5.76 Å². The maximum Gasteiger partial charge on any atom is 0.111 e. The van der Waals surface area contributed by atoms with Crippen LogP contribution in [0.25, 0.3) is 0 Å². The monoisotopic (exact) mass is 136 g/mol. The molecule has 1 aliphatic rings. The Morgan fingerprint density at radius 1 is 1.60 bits per heavy atom. The van der Waals surface area contributed by atoms with Crippen molar-refractivity contribution in [1.29, 1.82) is 0 Å². The molecule has 0 saturated heterocycles. The van der Waals surface area contributed by atoms with Crippen molar-refractivity contribution in [2.45, 2.75) is 19.8 Å². The predicted molar refractivity (Wildman–Crippen MR) is 42.8 cm³/mol. The van der Waals surface area contributed by atoms with Gasteiger partial charge in [0.1, 0.15) is 5.76 Å². The highest BCUT2D eigenvalue weighted by atomic mass is 16.3. The van der Waals surface area contributed by atoms with Gasteiger partial charge >= 0.3 is 0 Å². The predicted octanol–water partition coefficient (Wildman–Crippen LogP) is 2.72. The summed E-state index contributed by atoms with van der Waals surface area (Å²) in [4.78, 5) is 0. The van der Waals surface area contributed by atoms with Gasteiger partial charge in [0.2, 0.25) is 0 Å². The third kappa shape index (κ3) is 1.76. The number of allylic oxidation sites excluding steroid dienone is 5. The number of rotatable bonds is 1. The average molecular weight is 136 g/mol. The van der Waals surface area contributed by atoms with Crippen LogP contribution in [-0.4, -0.2) is 5.11 Å². The molecule has 10 heavy (non-hydrogen) atoms. The summed E-state index contributed by atoms with van der Waals surface area (Å²) in [7, 11) is 0. The molecule has 0 heterocycles. The molecule has 0 aromatic rings. The molecule has 0 aromatic carbocycles. The van der Waals surface area contributed by atoms with Crippen LogP contribution in [0.1, 0.15) is 19.8 Å². The third-order valence-corrected chi connectivity index (χ3v) is 1.63. The van der Waals surface area contributed by atoms with E-state index < -0.39 is 0 Å². The minimum absolute atomic E-state index is 0.375. The quantitative estimate of drug-likeness (QED) is 0.587. The molecular formula is C9H12O. The van der Waals surface area contributed by atoms with E-state index in [0.717, 1.165) is 12.8 Å². The van der Waals surface area contributed by atoms with Gasteiger partial charge in [-0.3, -0.25) is 0 Å². The summed E-state index contributed by atoms with van der Waals surface area (Å²) in [5.74, 6) is 0.375. The maximum absolute atomic E-state index is 9.04. The first-order valence-corrected chi connectivity index (χ1v) is 3.58. The Balaban J connectivity index is 2.69. The SMILES string of the molecule is CCC1=CC=CC(O)=CC1. The Labute approximate surface area is 61.4 Å². The second kappa shape index (κ2) is 3.25. The van der Waals surface area contributed by atoms with Crippen molar-refractivity contribution in [3.05, 3.63) is 35.6 Å². The molecular weight excluding hydrogens is 124 g/mol. The molecule has 0 amide bonds. The maximum atomic E-state index is 9.04. The van der Waals surface area contributed by atoms with Gasteiger partial charge in [-0.05, 0) is 25.0 Å². The molecule has 0 aliphatic heterocycles. The molecule has 0 spiro atoms. The summed E-state index contributed by atoms with van der Waals surface area (Å²) < 4.78 is 0. The van der Waals surface area contributed by atoms with Crippen LogP contribution in [0, 0.1) is 0 Å². The van der Waals surface area contributed by atoms with E-state index >= 15 is 0 Å². The lowest BCUT2D eigenvalue weighted by atomic mass is 10.1. The summed E-state index contributed by atoms with van der Waals surface area (Å²) in [5.41, 5.74) is 1.36. The smallest absolute Gasteiger partial charge is 0.111 e. The molecule has 1 rings (SSSR count). The van der Waals surface area contributed by atoms with E-state index in [1.807, 2.05) is 12.2 Å². The highest BCUT2D eigenvalue weighted by Gasteiger charge is 1.94. The van der Waals surface area contributed by atoms with Gasteiger partial charge in [-0.15, -0.1) is 0 Å². The zero-order chi connectivity index (χ0) is 7.40. The van der Waals surface area contributed by atoms with Gasteiger partial charge in [-0.25, -0.2) is 0 Å². The molecule has 0 fully saturated rings. The lowest BCUT2D eigenvalue weighted by molar-refractivity contribution is 0.430. The Hall–Kier alpha value is -0.980. The van der Waals surface area contributed by atoms with Crippen LogP contribution >= 0.6 is 0 Å². The van der Waals surface area contributed by atoms with Crippen LogP contribution in [0.3, 0.4) is 0 Å². The number of hydrogen-bond acceptors (Lipinski definition) is 1. The fraction of sp³-hybridized carbons (Fsp3) is 0.333. The Morgan fingerprint density at radius 3 is 3.10 bits per heavy atom. The second-order valence-electron chi connectivity index (χ2n) is 2.37. The lowest BCUT2D eigenvalue weighted by Gasteiger charge is -1.94. The van der Waals surface area contributed by atoms with Crippen LogP contribution in [0.5, 0.6) is 0 Å². The van der Waals surface area contributed by atoms with E-state index in [2.05, 4.69) is 13.0 Å². The van der Waals surface area contributed by atoms with E-state index in [9.17, 15) is 0 Å². The van der Waals surface area contributed by atoms with Crippen LogP contribution in [0.4, 0.5) is 0 Å². The van der Waals surface area contributed by atoms with Crippen molar-refractivity contribution in [3.8, 4) is 0 Å². The summed E-state index contributed by atoms with van der Waals surface area (Å²) in [6.45, 7) is 2.12. The van der Waals surface area contributed by atoms with Crippen molar-refractivity contribution in [3.63, 3.8) is 0 Å². The number of aliphatic hydroxyl groups excluding tert-OH is 1. The standard InChI is InChI=1S/C9H12O/c1-2-8-4-3-5-9(10)7-6-8/h3-5,7,10H,2,6H2,1H3. The molecule has 0 saturated carbocycles. The summed E-state index contributed by atoms with van der Waals surface area (Å²) in [6, 6.07) is 0. The largest absolute Gasteiger partial charge is 0.508 e. The third-order valence-electron chi connectivity index (χ3n) is 1.63. The molecule has 54 valence electrons. The minimum atomic E-state index is 0.375. The second-order valence-corrected chi connectivity index (χ2v) is 2.37. The van der Waals surface area contributed by atoms with Gasteiger partial charge in [0, 0.05) is 0 Å².